The Morgan fingerprint density at radius 2 is 2.55 bits per heavy atom. The zero-order chi connectivity index (χ0) is 8.10. The van der Waals surface area contributed by atoms with E-state index < -0.39 is 0 Å². The van der Waals surface area contributed by atoms with Gasteiger partial charge in [-0.1, -0.05) is 5.21 Å². The molecule has 1 heterocycles. The third kappa shape index (κ3) is 2.32. The van der Waals surface area contributed by atoms with E-state index in [9.17, 15) is 4.79 Å². The Labute approximate surface area is 63.4 Å². The van der Waals surface area contributed by atoms with Gasteiger partial charge in [-0.15, -0.1) is 10.2 Å². The second-order valence-corrected chi connectivity index (χ2v) is 1.96. The van der Waals surface area contributed by atoms with Gasteiger partial charge in [0.15, 0.2) is 5.82 Å². The van der Waals surface area contributed by atoms with Crippen LogP contribution in [0, 0.1) is 0 Å². The zero-order valence-electron chi connectivity index (χ0n) is 6.16. The molecule has 0 radical (unpaired) electrons. The Morgan fingerprint density at radius 1 is 1.73 bits per heavy atom. The van der Waals surface area contributed by atoms with Gasteiger partial charge in [0, 0.05) is 6.54 Å². The fourth-order valence-corrected chi connectivity index (χ4v) is 0.661. The zero-order valence-corrected chi connectivity index (χ0v) is 6.16. The van der Waals surface area contributed by atoms with Crippen molar-refractivity contribution < 1.29 is 4.79 Å². The first-order chi connectivity index (χ1) is 5.33. The normalized spacial score (nSPS) is 9.55. The topological polar surface area (TPSA) is 83.6 Å². The smallest absolute Gasteiger partial charge is 0.227 e. The second-order valence-electron chi connectivity index (χ2n) is 1.96. The number of carbonyl (C=O) groups is 1. The molecule has 0 aliphatic rings. The van der Waals surface area contributed by atoms with E-state index in [2.05, 4.69) is 25.9 Å². The Bertz CT molecular complexity index is 219. The predicted molar refractivity (Wildman–Crippen MR) is 36.6 cm³/mol. The van der Waals surface area contributed by atoms with Gasteiger partial charge in [-0.3, -0.25) is 4.79 Å². The van der Waals surface area contributed by atoms with Gasteiger partial charge in [0.1, 0.15) is 0 Å². The molecule has 1 amide bonds. The highest BCUT2D eigenvalue weighted by atomic mass is 16.1. The lowest BCUT2D eigenvalue weighted by Crippen LogP contribution is -2.24. The molecular formula is C5H9N5O. The lowest BCUT2D eigenvalue weighted by atomic mass is 10.4. The summed E-state index contributed by atoms with van der Waals surface area (Å²) in [5, 5.41) is 15.5. The van der Waals surface area contributed by atoms with Crippen LogP contribution in [0.2, 0.25) is 0 Å². The lowest BCUT2D eigenvalue weighted by molar-refractivity contribution is -0.120. The van der Waals surface area contributed by atoms with Crippen LogP contribution in [-0.4, -0.2) is 33.1 Å². The van der Waals surface area contributed by atoms with E-state index >= 15 is 0 Å². The maximum atomic E-state index is 10.9. The summed E-state index contributed by atoms with van der Waals surface area (Å²) in [6.45, 7) is 2.48. The van der Waals surface area contributed by atoms with Crippen molar-refractivity contribution in [2.24, 2.45) is 0 Å². The first-order valence-electron chi connectivity index (χ1n) is 3.32. The average Bonchev–Trinajstić information content (AvgIpc) is 2.40. The monoisotopic (exact) mass is 155 g/mol. The number of H-pyrrole nitrogens is 1. The number of nitrogens with one attached hydrogen (secondary N) is 2. The number of hydrogen-bond donors (Lipinski definition) is 2. The third-order valence-corrected chi connectivity index (χ3v) is 1.08. The second kappa shape index (κ2) is 3.65. The lowest BCUT2D eigenvalue weighted by Gasteiger charge is -1.95. The summed E-state index contributed by atoms with van der Waals surface area (Å²) in [5.41, 5.74) is 0. The summed E-state index contributed by atoms with van der Waals surface area (Å²) in [6.07, 6.45) is 0.185. The fourth-order valence-electron chi connectivity index (χ4n) is 0.661. The molecule has 6 heteroatoms. The predicted octanol–water partition coefficient (Wildman–Crippen LogP) is -1.12. The highest BCUT2D eigenvalue weighted by molar-refractivity contribution is 5.77. The van der Waals surface area contributed by atoms with Gasteiger partial charge in [-0.05, 0) is 6.92 Å². The van der Waals surface area contributed by atoms with Crippen LogP contribution in [-0.2, 0) is 11.2 Å². The van der Waals surface area contributed by atoms with E-state index in [1.54, 1.807) is 0 Å². The van der Waals surface area contributed by atoms with Crippen LogP contribution in [0.5, 0.6) is 0 Å². The number of tetrazole rings is 1. The molecule has 1 aromatic rings. The van der Waals surface area contributed by atoms with Gasteiger partial charge in [-0.2, -0.15) is 5.21 Å². The summed E-state index contributed by atoms with van der Waals surface area (Å²) in [6, 6.07) is 0. The minimum absolute atomic E-state index is 0.0890. The molecule has 0 aliphatic carbocycles. The van der Waals surface area contributed by atoms with Crippen LogP contribution < -0.4 is 5.32 Å². The van der Waals surface area contributed by atoms with E-state index in [4.69, 9.17) is 0 Å². The molecule has 0 bridgehead atoms. The molecule has 1 aromatic heterocycles. The van der Waals surface area contributed by atoms with Crippen molar-refractivity contribution in [1.29, 1.82) is 0 Å². The van der Waals surface area contributed by atoms with E-state index in [0.717, 1.165) is 0 Å². The Kier molecular flexibility index (Phi) is 2.53. The average molecular weight is 155 g/mol. The summed E-state index contributed by atoms with van der Waals surface area (Å²) in [5.74, 6) is 0.324. The van der Waals surface area contributed by atoms with Crippen molar-refractivity contribution in [2.75, 3.05) is 6.54 Å². The number of carbonyl (C=O) groups excluding carboxylic acids is 1. The number of aromatic nitrogens is 4. The largest absolute Gasteiger partial charge is 0.356 e. The standard InChI is InChI=1S/C5H9N5O/c1-2-6-5(11)3-4-7-9-10-8-4/h2-3H2,1H3,(H,6,11)(H,7,8,9,10). The summed E-state index contributed by atoms with van der Waals surface area (Å²) < 4.78 is 0. The molecule has 0 aliphatic heterocycles. The van der Waals surface area contributed by atoms with Crippen molar-refractivity contribution in [2.45, 2.75) is 13.3 Å². The number of aromatic amines is 1. The Morgan fingerprint density at radius 3 is 3.09 bits per heavy atom. The van der Waals surface area contributed by atoms with Crippen molar-refractivity contribution >= 4 is 5.91 Å². The number of likely N-dealkylation sites (N-methyl/N-ethyl adjacent to an activating group) is 1. The molecular weight excluding hydrogens is 146 g/mol. The van der Waals surface area contributed by atoms with Crippen molar-refractivity contribution in [1.82, 2.24) is 25.9 Å². The van der Waals surface area contributed by atoms with Gasteiger partial charge in [0.05, 0.1) is 6.42 Å². The van der Waals surface area contributed by atoms with E-state index in [1.807, 2.05) is 6.92 Å². The molecule has 0 aromatic carbocycles. The third-order valence-electron chi connectivity index (χ3n) is 1.08. The fraction of sp³-hybridized carbons (Fsp3) is 0.600. The summed E-state index contributed by atoms with van der Waals surface area (Å²) >= 11 is 0. The first-order valence-corrected chi connectivity index (χ1v) is 3.32. The number of nitrogens with zero attached hydrogens (tertiary/aromatic N) is 3. The molecule has 0 saturated carbocycles. The van der Waals surface area contributed by atoms with Gasteiger partial charge in [0.2, 0.25) is 5.91 Å². The number of amides is 1. The number of hydrogen-bond acceptors (Lipinski definition) is 4. The minimum atomic E-state index is -0.0890. The number of rotatable bonds is 3. The molecule has 0 saturated heterocycles. The maximum Gasteiger partial charge on any atom is 0.227 e. The van der Waals surface area contributed by atoms with Crippen LogP contribution in [0.1, 0.15) is 12.7 Å². The highest BCUT2D eigenvalue weighted by Gasteiger charge is 2.04. The van der Waals surface area contributed by atoms with E-state index in [1.165, 1.54) is 0 Å². The summed E-state index contributed by atoms with van der Waals surface area (Å²) in [4.78, 5) is 10.9. The van der Waals surface area contributed by atoms with Crippen molar-refractivity contribution in [3.8, 4) is 0 Å². The van der Waals surface area contributed by atoms with Gasteiger partial charge < -0.3 is 5.32 Å². The first kappa shape index (κ1) is 7.64. The van der Waals surface area contributed by atoms with Gasteiger partial charge >= 0.3 is 0 Å². The quantitative estimate of drug-likeness (QED) is 0.579. The Balaban J connectivity index is 2.37. The molecule has 60 valence electrons. The molecule has 0 fully saturated rings. The minimum Gasteiger partial charge on any atom is -0.356 e. The summed E-state index contributed by atoms with van der Waals surface area (Å²) in [7, 11) is 0. The molecule has 11 heavy (non-hydrogen) atoms. The van der Waals surface area contributed by atoms with Crippen LogP contribution in [0.25, 0.3) is 0 Å². The van der Waals surface area contributed by atoms with Crippen LogP contribution in [0.4, 0.5) is 0 Å². The van der Waals surface area contributed by atoms with Gasteiger partial charge in [-0.25, -0.2) is 0 Å². The Hall–Kier alpha value is -1.46. The maximum absolute atomic E-state index is 10.9. The SMILES string of the molecule is CCNC(=O)Cc1nn[nH]n1. The van der Waals surface area contributed by atoms with Crippen molar-refractivity contribution in [3.05, 3.63) is 5.82 Å². The molecule has 0 spiro atoms. The molecule has 2 N–H and O–H groups in total. The van der Waals surface area contributed by atoms with Gasteiger partial charge in [0.25, 0.3) is 0 Å². The molecule has 1 rings (SSSR count). The van der Waals surface area contributed by atoms with Crippen LogP contribution >= 0.6 is 0 Å². The van der Waals surface area contributed by atoms with E-state index in [-0.39, 0.29) is 12.3 Å². The van der Waals surface area contributed by atoms with E-state index in [0.29, 0.717) is 12.4 Å². The highest BCUT2D eigenvalue weighted by Crippen LogP contribution is 1.84. The molecule has 6 nitrogen and oxygen atoms in total. The van der Waals surface area contributed by atoms with Crippen LogP contribution in [0.3, 0.4) is 0 Å². The molecule has 0 unspecified atom stereocenters. The van der Waals surface area contributed by atoms with Crippen molar-refractivity contribution in [3.63, 3.8) is 0 Å². The van der Waals surface area contributed by atoms with Crippen LogP contribution in [0.15, 0.2) is 0 Å². The molecule has 0 atom stereocenters.